The van der Waals surface area contributed by atoms with Gasteiger partial charge in [-0.05, 0) is 43.4 Å². The number of ether oxygens (including phenoxy) is 1. The summed E-state index contributed by atoms with van der Waals surface area (Å²) in [7, 11) is 0. The molecule has 0 aromatic carbocycles. The second kappa shape index (κ2) is 6.65. The molecule has 0 radical (unpaired) electrons. The minimum Gasteiger partial charge on any atom is -0.378 e. The number of likely N-dealkylation sites (tertiary alicyclic amines) is 1. The lowest BCUT2D eigenvalue weighted by molar-refractivity contribution is -0.132. The van der Waals surface area contributed by atoms with Gasteiger partial charge in [-0.15, -0.1) is 0 Å². The number of anilines is 1. The van der Waals surface area contributed by atoms with Crippen molar-refractivity contribution in [1.82, 2.24) is 9.88 Å². The molecule has 0 bridgehead atoms. The number of amides is 1. The highest BCUT2D eigenvalue weighted by molar-refractivity contribution is 5.74. The van der Waals surface area contributed by atoms with E-state index in [-0.39, 0.29) is 11.9 Å². The number of carbonyl (C=O) groups excluding carboxylic acids is 1. The van der Waals surface area contributed by atoms with E-state index in [0.29, 0.717) is 0 Å². The maximum Gasteiger partial charge on any atom is 0.219 e. The largest absolute Gasteiger partial charge is 0.378 e. The Morgan fingerprint density at radius 1 is 1.27 bits per heavy atom. The van der Waals surface area contributed by atoms with Gasteiger partial charge in [0.25, 0.3) is 0 Å². The van der Waals surface area contributed by atoms with E-state index in [2.05, 4.69) is 17.9 Å². The zero-order valence-electron chi connectivity index (χ0n) is 13.5. The number of hydrogen-bond acceptors (Lipinski definition) is 4. The molecule has 5 heteroatoms. The van der Waals surface area contributed by atoms with Crippen molar-refractivity contribution >= 4 is 11.7 Å². The molecule has 1 amide bonds. The monoisotopic (exact) mass is 303 g/mol. The molecule has 22 heavy (non-hydrogen) atoms. The van der Waals surface area contributed by atoms with Crippen LogP contribution in [0, 0.1) is 6.92 Å². The third-order valence-corrected chi connectivity index (χ3v) is 4.67. The molecule has 0 aliphatic carbocycles. The summed E-state index contributed by atoms with van der Waals surface area (Å²) in [5, 5.41) is 0. The normalized spacial score (nSPS) is 22.7. The Balaban J connectivity index is 1.82. The first kappa shape index (κ1) is 15.3. The van der Waals surface area contributed by atoms with Gasteiger partial charge < -0.3 is 14.5 Å². The molecule has 1 atom stereocenters. The SMILES string of the molecule is CC(=O)N1CCCC[C@@H]1c1cnc(N2CCOCC2)c(C)c1. The summed E-state index contributed by atoms with van der Waals surface area (Å²) in [5.41, 5.74) is 2.36. The molecule has 5 nitrogen and oxygen atoms in total. The van der Waals surface area contributed by atoms with Crippen LogP contribution in [-0.2, 0) is 9.53 Å². The van der Waals surface area contributed by atoms with Gasteiger partial charge in [-0.25, -0.2) is 4.98 Å². The van der Waals surface area contributed by atoms with Crippen LogP contribution in [0.3, 0.4) is 0 Å². The molecular weight excluding hydrogens is 278 g/mol. The fourth-order valence-corrected chi connectivity index (χ4v) is 3.53. The minimum atomic E-state index is 0.166. The summed E-state index contributed by atoms with van der Waals surface area (Å²) in [5.74, 6) is 1.22. The number of carbonyl (C=O) groups is 1. The van der Waals surface area contributed by atoms with E-state index < -0.39 is 0 Å². The van der Waals surface area contributed by atoms with Crippen molar-refractivity contribution < 1.29 is 9.53 Å². The number of nitrogens with zero attached hydrogens (tertiary/aromatic N) is 3. The molecule has 2 saturated heterocycles. The molecule has 1 aromatic heterocycles. The van der Waals surface area contributed by atoms with Gasteiger partial charge in [0.2, 0.25) is 5.91 Å². The molecular formula is C17H25N3O2. The predicted octanol–water partition coefficient (Wildman–Crippen LogP) is 2.30. The van der Waals surface area contributed by atoms with Crippen LogP contribution in [-0.4, -0.2) is 48.6 Å². The standard InChI is InChI=1S/C17H25N3O2/c1-13-11-15(16-5-3-4-6-20(16)14(2)21)12-18-17(13)19-7-9-22-10-8-19/h11-12,16H,3-10H2,1-2H3/t16-/m1/s1. The zero-order valence-corrected chi connectivity index (χ0v) is 13.5. The van der Waals surface area contributed by atoms with Gasteiger partial charge in [0, 0.05) is 32.8 Å². The lowest BCUT2D eigenvalue weighted by Gasteiger charge is -2.36. The topological polar surface area (TPSA) is 45.7 Å². The van der Waals surface area contributed by atoms with Crippen LogP contribution in [0.25, 0.3) is 0 Å². The molecule has 0 unspecified atom stereocenters. The molecule has 1 aromatic rings. The van der Waals surface area contributed by atoms with Crippen LogP contribution in [0.1, 0.15) is 43.4 Å². The first-order valence-electron chi connectivity index (χ1n) is 8.23. The summed E-state index contributed by atoms with van der Waals surface area (Å²) in [6.07, 6.45) is 5.29. The summed E-state index contributed by atoms with van der Waals surface area (Å²) in [4.78, 5) is 20.8. The number of morpholine rings is 1. The minimum absolute atomic E-state index is 0.166. The fourth-order valence-electron chi connectivity index (χ4n) is 3.53. The molecule has 0 spiro atoms. The van der Waals surface area contributed by atoms with E-state index in [0.717, 1.165) is 51.5 Å². The van der Waals surface area contributed by atoms with Crippen LogP contribution >= 0.6 is 0 Å². The van der Waals surface area contributed by atoms with Crippen molar-refractivity contribution in [1.29, 1.82) is 0 Å². The second-order valence-electron chi connectivity index (χ2n) is 6.23. The predicted molar refractivity (Wildman–Crippen MR) is 86.0 cm³/mol. The lowest BCUT2D eigenvalue weighted by Crippen LogP contribution is -2.38. The second-order valence-corrected chi connectivity index (χ2v) is 6.23. The van der Waals surface area contributed by atoms with E-state index in [1.807, 2.05) is 11.1 Å². The average molecular weight is 303 g/mol. The van der Waals surface area contributed by atoms with Gasteiger partial charge in [0.15, 0.2) is 0 Å². The van der Waals surface area contributed by atoms with Crippen molar-refractivity contribution in [2.75, 3.05) is 37.7 Å². The molecule has 0 saturated carbocycles. The van der Waals surface area contributed by atoms with Crippen LogP contribution in [0.2, 0.25) is 0 Å². The van der Waals surface area contributed by atoms with E-state index in [1.165, 1.54) is 17.5 Å². The molecule has 3 rings (SSSR count). The quantitative estimate of drug-likeness (QED) is 0.841. The molecule has 2 aliphatic rings. The Morgan fingerprint density at radius 2 is 2.05 bits per heavy atom. The summed E-state index contributed by atoms with van der Waals surface area (Å²) < 4.78 is 5.41. The lowest BCUT2D eigenvalue weighted by atomic mass is 9.95. The smallest absolute Gasteiger partial charge is 0.219 e. The Kier molecular flexibility index (Phi) is 4.62. The van der Waals surface area contributed by atoms with Crippen LogP contribution < -0.4 is 4.90 Å². The van der Waals surface area contributed by atoms with Gasteiger partial charge >= 0.3 is 0 Å². The van der Waals surface area contributed by atoms with Gasteiger partial charge in [0.1, 0.15) is 5.82 Å². The van der Waals surface area contributed by atoms with Crippen LogP contribution in [0.5, 0.6) is 0 Å². The highest BCUT2D eigenvalue weighted by atomic mass is 16.5. The maximum absolute atomic E-state index is 11.9. The van der Waals surface area contributed by atoms with Gasteiger partial charge in [-0.2, -0.15) is 0 Å². The Labute approximate surface area is 132 Å². The van der Waals surface area contributed by atoms with Gasteiger partial charge in [-0.1, -0.05) is 0 Å². The molecule has 120 valence electrons. The van der Waals surface area contributed by atoms with Crippen molar-refractivity contribution in [3.63, 3.8) is 0 Å². The fraction of sp³-hybridized carbons (Fsp3) is 0.647. The number of piperidine rings is 1. The molecule has 3 heterocycles. The van der Waals surface area contributed by atoms with E-state index in [9.17, 15) is 4.79 Å². The maximum atomic E-state index is 11.9. The highest BCUT2D eigenvalue weighted by Crippen LogP contribution is 2.32. The van der Waals surface area contributed by atoms with Crippen molar-refractivity contribution in [3.05, 3.63) is 23.4 Å². The Hall–Kier alpha value is -1.62. The number of hydrogen-bond donors (Lipinski definition) is 0. The Morgan fingerprint density at radius 3 is 2.73 bits per heavy atom. The first-order chi connectivity index (χ1) is 10.7. The zero-order chi connectivity index (χ0) is 15.5. The number of aryl methyl sites for hydroxylation is 1. The highest BCUT2D eigenvalue weighted by Gasteiger charge is 2.26. The molecule has 2 fully saturated rings. The van der Waals surface area contributed by atoms with Crippen molar-refractivity contribution in [2.45, 2.75) is 39.2 Å². The van der Waals surface area contributed by atoms with E-state index in [4.69, 9.17) is 9.72 Å². The number of rotatable bonds is 2. The summed E-state index contributed by atoms with van der Waals surface area (Å²) >= 11 is 0. The number of aromatic nitrogens is 1. The summed E-state index contributed by atoms with van der Waals surface area (Å²) in [6.45, 7) is 7.98. The average Bonchev–Trinajstić information content (AvgIpc) is 2.55. The van der Waals surface area contributed by atoms with Crippen LogP contribution in [0.4, 0.5) is 5.82 Å². The third kappa shape index (κ3) is 3.09. The van der Waals surface area contributed by atoms with E-state index in [1.54, 1.807) is 6.92 Å². The van der Waals surface area contributed by atoms with Crippen LogP contribution in [0.15, 0.2) is 12.3 Å². The molecule has 0 N–H and O–H groups in total. The molecule has 2 aliphatic heterocycles. The van der Waals surface area contributed by atoms with Crippen molar-refractivity contribution in [2.24, 2.45) is 0 Å². The summed E-state index contributed by atoms with van der Waals surface area (Å²) in [6, 6.07) is 2.40. The van der Waals surface area contributed by atoms with Gasteiger partial charge in [0.05, 0.1) is 19.3 Å². The van der Waals surface area contributed by atoms with Gasteiger partial charge in [-0.3, -0.25) is 4.79 Å². The van der Waals surface area contributed by atoms with E-state index >= 15 is 0 Å². The Bertz CT molecular complexity index is 541. The number of pyridine rings is 1. The third-order valence-electron chi connectivity index (χ3n) is 4.67. The van der Waals surface area contributed by atoms with Crippen molar-refractivity contribution in [3.8, 4) is 0 Å². The first-order valence-corrected chi connectivity index (χ1v) is 8.23.